The zero-order chi connectivity index (χ0) is 19.5. The summed E-state index contributed by atoms with van der Waals surface area (Å²) < 4.78 is 28.0. The molecule has 4 heterocycles. The molecule has 150 valence electrons. The molecule has 6 rings (SSSR count). The molecule has 2 saturated heterocycles. The maximum Gasteiger partial charge on any atom is 0.295 e. The van der Waals surface area contributed by atoms with E-state index in [0.717, 1.165) is 27.9 Å². The first kappa shape index (κ1) is 17.3. The van der Waals surface area contributed by atoms with Crippen LogP contribution in [0.5, 0.6) is 17.5 Å². The van der Waals surface area contributed by atoms with Crippen LogP contribution in [0, 0.1) is 0 Å². The Kier molecular flexibility index (Phi) is 3.89. The predicted molar refractivity (Wildman–Crippen MR) is 103 cm³/mol. The van der Waals surface area contributed by atoms with Crippen molar-refractivity contribution >= 4 is 22.6 Å². The fraction of sp³-hybridized carbons (Fsp3) is 0.350. The van der Waals surface area contributed by atoms with E-state index in [1.54, 1.807) is 0 Å². The Balaban J connectivity index is 1.30. The summed E-state index contributed by atoms with van der Waals surface area (Å²) in [7, 11) is 0. The Morgan fingerprint density at radius 2 is 1.93 bits per heavy atom. The van der Waals surface area contributed by atoms with Crippen LogP contribution in [-0.4, -0.2) is 59.5 Å². The molecule has 2 N–H and O–H groups in total. The van der Waals surface area contributed by atoms with Gasteiger partial charge in [-0.25, -0.2) is 0 Å². The number of halogens is 1. The van der Waals surface area contributed by atoms with Gasteiger partial charge in [0.1, 0.15) is 18.3 Å². The van der Waals surface area contributed by atoms with E-state index in [4.69, 9.17) is 35.3 Å². The number of hydrogen-bond acceptors (Lipinski definition) is 7. The number of nitrogens with one attached hydrogen (secondary N) is 1. The average molecular weight is 417 g/mol. The monoisotopic (exact) mass is 416 g/mol. The molecule has 2 aromatic carbocycles. The normalized spacial score (nSPS) is 27.5. The van der Waals surface area contributed by atoms with Gasteiger partial charge in [-0.2, -0.15) is 4.98 Å². The molecule has 1 aromatic heterocycles. The van der Waals surface area contributed by atoms with Crippen molar-refractivity contribution in [1.29, 1.82) is 0 Å². The molecule has 3 aliphatic rings. The number of aliphatic hydroxyl groups excluding tert-OH is 1. The largest absolute Gasteiger partial charge is 0.456 e. The Morgan fingerprint density at radius 3 is 2.86 bits per heavy atom. The van der Waals surface area contributed by atoms with Crippen LogP contribution in [-0.2, 0) is 9.47 Å². The number of ether oxygens (including phenoxy) is 5. The minimum atomic E-state index is -0.618. The highest BCUT2D eigenvalue weighted by Crippen LogP contribution is 2.39. The third kappa shape index (κ3) is 2.83. The number of nitrogens with zero attached hydrogens (tertiary/aromatic N) is 1. The summed E-state index contributed by atoms with van der Waals surface area (Å²) in [6.07, 6.45) is -1.60. The third-order valence-electron chi connectivity index (χ3n) is 5.48. The lowest BCUT2D eigenvalue weighted by atomic mass is 10.0. The van der Waals surface area contributed by atoms with E-state index in [1.807, 2.05) is 30.3 Å². The van der Waals surface area contributed by atoms with Crippen LogP contribution in [0.2, 0.25) is 5.02 Å². The Bertz CT molecular complexity index is 1100. The van der Waals surface area contributed by atoms with Gasteiger partial charge in [0.25, 0.3) is 6.01 Å². The van der Waals surface area contributed by atoms with Gasteiger partial charge in [-0.3, -0.25) is 0 Å². The molecular weight excluding hydrogens is 400 g/mol. The van der Waals surface area contributed by atoms with Crippen LogP contribution in [0.25, 0.3) is 22.2 Å². The molecule has 0 spiro atoms. The number of fused-ring (bicyclic) bond motifs is 3. The number of aromatic amines is 1. The van der Waals surface area contributed by atoms with Gasteiger partial charge in [-0.1, -0.05) is 17.7 Å². The van der Waals surface area contributed by atoms with Crippen LogP contribution >= 0.6 is 11.6 Å². The number of aromatic nitrogens is 2. The van der Waals surface area contributed by atoms with Gasteiger partial charge in [0.05, 0.1) is 29.3 Å². The van der Waals surface area contributed by atoms with Crippen LogP contribution in [0.15, 0.2) is 30.3 Å². The van der Waals surface area contributed by atoms with Crippen molar-refractivity contribution in [3.63, 3.8) is 0 Å². The first-order chi connectivity index (χ1) is 14.2. The summed E-state index contributed by atoms with van der Waals surface area (Å²) in [6, 6.07) is 9.78. The van der Waals surface area contributed by atoms with Gasteiger partial charge in [0, 0.05) is 5.56 Å². The Hall–Kier alpha value is -2.52. The summed E-state index contributed by atoms with van der Waals surface area (Å²) in [5.41, 5.74) is 3.23. The van der Waals surface area contributed by atoms with E-state index >= 15 is 0 Å². The molecule has 3 aromatic rings. The minimum Gasteiger partial charge on any atom is -0.456 e. The molecule has 0 bridgehead atoms. The molecule has 29 heavy (non-hydrogen) atoms. The summed E-state index contributed by atoms with van der Waals surface area (Å²) in [5, 5.41) is 10.4. The maximum absolute atomic E-state index is 9.86. The highest BCUT2D eigenvalue weighted by molar-refractivity contribution is 6.34. The average Bonchev–Trinajstić information content (AvgIpc) is 3.47. The highest BCUT2D eigenvalue weighted by atomic mass is 35.5. The van der Waals surface area contributed by atoms with Gasteiger partial charge in [0.15, 0.2) is 17.6 Å². The van der Waals surface area contributed by atoms with E-state index < -0.39 is 6.10 Å². The summed E-state index contributed by atoms with van der Waals surface area (Å²) in [6.45, 7) is 0.815. The third-order valence-corrected chi connectivity index (χ3v) is 5.79. The topological polar surface area (TPSA) is 95.1 Å². The van der Waals surface area contributed by atoms with Gasteiger partial charge in [0.2, 0.25) is 6.79 Å². The van der Waals surface area contributed by atoms with Crippen LogP contribution in [0.1, 0.15) is 0 Å². The molecule has 0 radical (unpaired) electrons. The van der Waals surface area contributed by atoms with Gasteiger partial charge in [-0.05, 0) is 29.8 Å². The summed E-state index contributed by atoms with van der Waals surface area (Å²) in [4.78, 5) is 7.68. The highest BCUT2D eigenvalue weighted by Gasteiger charge is 2.48. The van der Waals surface area contributed by atoms with Crippen molar-refractivity contribution in [3.05, 3.63) is 35.4 Å². The second kappa shape index (κ2) is 6.50. The van der Waals surface area contributed by atoms with Crippen molar-refractivity contribution in [2.75, 3.05) is 20.0 Å². The zero-order valence-electron chi connectivity index (χ0n) is 15.1. The number of imidazole rings is 1. The standard InChI is InChI=1S/C20H17ClN2O6/c21-11-5-13-12(4-10(11)9-1-2-15-16(3-9)28-8-27-15)22-20(23-13)29-17-7-26-18-14(24)6-25-19(17)18/h1-5,14,17-19,24H,6-8H2,(H,22,23). The molecular formula is C20H17ClN2O6. The first-order valence-corrected chi connectivity index (χ1v) is 9.71. The molecule has 4 atom stereocenters. The lowest BCUT2D eigenvalue weighted by Crippen LogP contribution is -2.34. The molecule has 2 fully saturated rings. The molecule has 0 aliphatic carbocycles. The van der Waals surface area contributed by atoms with Crippen LogP contribution in [0.3, 0.4) is 0 Å². The summed E-state index contributed by atoms with van der Waals surface area (Å²) >= 11 is 6.53. The van der Waals surface area contributed by atoms with Crippen molar-refractivity contribution in [2.24, 2.45) is 0 Å². The molecule has 4 unspecified atom stereocenters. The van der Waals surface area contributed by atoms with Crippen LogP contribution < -0.4 is 14.2 Å². The lowest BCUT2D eigenvalue weighted by Gasteiger charge is -2.15. The van der Waals surface area contributed by atoms with Gasteiger partial charge in [-0.15, -0.1) is 0 Å². The molecule has 0 amide bonds. The first-order valence-electron chi connectivity index (χ1n) is 9.33. The van der Waals surface area contributed by atoms with E-state index in [9.17, 15) is 5.11 Å². The molecule has 3 aliphatic heterocycles. The second-order valence-electron chi connectivity index (χ2n) is 7.28. The van der Waals surface area contributed by atoms with Crippen LogP contribution in [0.4, 0.5) is 0 Å². The van der Waals surface area contributed by atoms with E-state index in [2.05, 4.69) is 9.97 Å². The van der Waals surface area contributed by atoms with Crippen molar-refractivity contribution in [3.8, 4) is 28.6 Å². The minimum absolute atomic E-state index is 0.221. The Morgan fingerprint density at radius 1 is 1.07 bits per heavy atom. The molecule has 0 saturated carbocycles. The van der Waals surface area contributed by atoms with Crippen molar-refractivity contribution < 1.29 is 28.8 Å². The van der Waals surface area contributed by atoms with Crippen molar-refractivity contribution in [1.82, 2.24) is 9.97 Å². The van der Waals surface area contributed by atoms with Gasteiger partial charge >= 0.3 is 0 Å². The number of aliphatic hydroxyl groups is 1. The van der Waals surface area contributed by atoms with Crippen molar-refractivity contribution in [2.45, 2.75) is 24.4 Å². The predicted octanol–water partition coefficient (Wildman–Crippen LogP) is 2.52. The maximum atomic E-state index is 9.86. The second-order valence-corrected chi connectivity index (χ2v) is 7.69. The number of H-pyrrole nitrogens is 1. The number of rotatable bonds is 3. The molecule has 9 heteroatoms. The number of hydrogen-bond donors (Lipinski definition) is 2. The van der Waals surface area contributed by atoms with E-state index in [0.29, 0.717) is 23.4 Å². The van der Waals surface area contributed by atoms with E-state index in [-0.39, 0.29) is 31.7 Å². The Labute approximate surface area is 170 Å². The fourth-order valence-electron chi connectivity index (χ4n) is 4.04. The summed E-state index contributed by atoms with van der Waals surface area (Å²) in [5.74, 6) is 1.41. The fourth-order valence-corrected chi connectivity index (χ4v) is 4.31. The zero-order valence-corrected chi connectivity index (χ0v) is 15.9. The lowest BCUT2D eigenvalue weighted by molar-refractivity contribution is 0.00706. The quantitative estimate of drug-likeness (QED) is 0.677. The number of benzene rings is 2. The SMILES string of the molecule is OC1COC2C(Oc3nc4cc(-c5ccc6c(c5)OCO6)c(Cl)cc4[nH]3)COC12. The van der Waals surface area contributed by atoms with Gasteiger partial charge < -0.3 is 33.8 Å². The van der Waals surface area contributed by atoms with E-state index in [1.165, 1.54) is 0 Å². The smallest absolute Gasteiger partial charge is 0.295 e. The molecule has 8 nitrogen and oxygen atoms in total.